The number of amides is 2. The molecule has 4 N–H and O–H groups in total. The molecule has 0 spiro atoms. The lowest BCUT2D eigenvalue weighted by Gasteiger charge is -2.25. The van der Waals surface area contributed by atoms with E-state index in [1.807, 2.05) is 0 Å². The minimum atomic E-state index is -0.516. The van der Waals surface area contributed by atoms with Crippen molar-refractivity contribution in [3.05, 3.63) is 34.6 Å². The van der Waals surface area contributed by atoms with E-state index in [1.165, 1.54) is 6.07 Å². The molecule has 1 aromatic carbocycles. The number of rotatable bonds is 3. The Morgan fingerprint density at radius 1 is 1.55 bits per heavy atom. The lowest BCUT2D eigenvalue weighted by molar-refractivity contribution is 0.245. The van der Waals surface area contributed by atoms with Crippen LogP contribution in [-0.4, -0.2) is 25.7 Å². The molecule has 110 valence electrons. The van der Waals surface area contributed by atoms with Crippen LogP contribution in [0, 0.1) is 11.7 Å². The molecule has 1 aromatic rings. The van der Waals surface area contributed by atoms with E-state index in [0.717, 1.165) is 31.5 Å². The van der Waals surface area contributed by atoms with Crippen molar-refractivity contribution in [1.29, 1.82) is 0 Å². The molecule has 0 aliphatic carbocycles. The zero-order chi connectivity index (χ0) is 14.5. The van der Waals surface area contributed by atoms with E-state index in [2.05, 4.69) is 10.6 Å². The van der Waals surface area contributed by atoms with Gasteiger partial charge in [-0.15, -0.1) is 0 Å². The summed E-state index contributed by atoms with van der Waals surface area (Å²) >= 11 is 5.86. The minimum Gasteiger partial charge on any atom is -0.352 e. The molecule has 2 rings (SSSR count). The van der Waals surface area contributed by atoms with Gasteiger partial charge in [-0.3, -0.25) is 0 Å². The monoisotopic (exact) mass is 299 g/mol. The molecule has 20 heavy (non-hydrogen) atoms. The maximum atomic E-state index is 13.3. The first kappa shape index (κ1) is 15.1. The summed E-state index contributed by atoms with van der Waals surface area (Å²) < 4.78 is 13.3. The predicted molar refractivity (Wildman–Crippen MR) is 77.3 cm³/mol. The summed E-state index contributed by atoms with van der Waals surface area (Å²) in [6, 6.07) is 4.31. The van der Waals surface area contributed by atoms with Crippen LogP contribution >= 0.6 is 11.6 Å². The van der Waals surface area contributed by atoms with Gasteiger partial charge in [-0.2, -0.15) is 0 Å². The molecule has 1 saturated heterocycles. The first-order chi connectivity index (χ1) is 9.58. The van der Waals surface area contributed by atoms with Gasteiger partial charge in [-0.1, -0.05) is 17.7 Å². The Bertz CT molecular complexity index is 483. The van der Waals surface area contributed by atoms with Crippen LogP contribution < -0.4 is 16.4 Å². The number of carbonyl (C=O) groups excluding carboxylic acids is 1. The molecule has 1 aliphatic heterocycles. The topological polar surface area (TPSA) is 67.2 Å². The number of nitrogens with two attached hydrogens (primary N) is 1. The number of nitrogens with one attached hydrogen (secondary N) is 2. The summed E-state index contributed by atoms with van der Waals surface area (Å²) in [7, 11) is 0. The van der Waals surface area contributed by atoms with E-state index >= 15 is 0 Å². The van der Waals surface area contributed by atoms with Crippen LogP contribution in [0.1, 0.15) is 24.3 Å². The maximum absolute atomic E-state index is 13.3. The molecule has 0 saturated carbocycles. The summed E-state index contributed by atoms with van der Waals surface area (Å²) in [6.07, 6.45) is 2.02. The molecule has 0 radical (unpaired) electrons. The number of primary amides is 1. The fourth-order valence-corrected chi connectivity index (χ4v) is 2.91. The number of urea groups is 1. The van der Waals surface area contributed by atoms with E-state index in [-0.39, 0.29) is 16.9 Å². The highest BCUT2D eigenvalue weighted by Crippen LogP contribution is 2.31. The van der Waals surface area contributed by atoms with Gasteiger partial charge in [0.1, 0.15) is 5.82 Å². The third kappa shape index (κ3) is 3.84. The Morgan fingerprint density at radius 2 is 2.35 bits per heavy atom. The fourth-order valence-electron chi connectivity index (χ4n) is 2.72. The van der Waals surface area contributed by atoms with Crippen LogP contribution in [0.2, 0.25) is 5.02 Å². The van der Waals surface area contributed by atoms with Crippen molar-refractivity contribution < 1.29 is 9.18 Å². The lowest BCUT2D eigenvalue weighted by Crippen LogP contribution is -2.36. The average Bonchev–Trinajstić information content (AvgIpc) is 2.65. The Labute approximate surface area is 122 Å². The Balaban J connectivity index is 2.18. The second-order valence-electron chi connectivity index (χ2n) is 5.13. The van der Waals surface area contributed by atoms with Crippen molar-refractivity contribution in [3.8, 4) is 0 Å². The summed E-state index contributed by atoms with van der Waals surface area (Å²) in [5, 5.41) is 6.17. The molecule has 0 bridgehead atoms. The van der Waals surface area contributed by atoms with Crippen LogP contribution in [-0.2, 0) is 0 Å². The summed E-state index contributed by atoms with van der Waals surface area (Å²) in [5.74, 6) is 0.0327. The van der Waals surface area contributed by atoms with Crippen molar-refractivity contribution >= 4 is 17.6 Å². The second-order valence-corrected chi connectivity index (χ2v) is 5.54. The molecule has 4 nitrogen and oxygen atoms in total. The number of carbonyl (C=O) groups is 1. The molecule has 0 aromatic heterocycles. The number of halogens is 2. The highest BCUT2D eigenvalue weighted by molar-refractivity contribution is 6.30. The largest absolute Gasteiger partial charge is 0.352 e. The van der Waals surface area contributed by atoms with Crippen molar-refractivity contribution in [3.63, 3.8) is 0 Å². The first-order valence-corrected chi connectivity index (χ1v) is 7.14. The van der Waals surface area contributed by atoms with Crippen molar-refractivity contribution in [2.24, 2.45) is 11.7 Å². The second kappa shape index (κ2) is 6.90. The van der Waals surface area contributed by atoms with Gasteiger partial charge >= 0.3 is 6.03 Å². The molecule has 0 unspecified atom stereocenters. The Hall–Kier alpha value is -1.33. The highest BCUT2D eigenvalue weighted by atomic mass is 35.5. The molecule has 6 heteroatoms. The first-order valence-electron chi connectivity index (χ1n) is 6.77. The molecule has 2 amide bonds. The van der Waals surface area contributed by atoms with Gasteiger partial charge in [-0.25, -0.2) is 9.18 Å². The third-order valence-electron chi connectivity index (χ3n) is 3.77. The van der Waals surface area contributed by atoms with E-state index < -0.39 is 11.8 Å². The Morgan fingerprint density at radius 3 is 3.05 bits per heavy atom. The number of benzene rings is 1. The standard InChI is InChI=1S/C14H19ClFN3O/c15-12-6-9(3-4-13(12)16)11-8-18-5-1-2-10(11)7-19-14(17)20/h3-4,6,10-11,18H,1-2,5,7-8H2,(H3,17,19,20)/t10-,11-/m0/s1. The van der Waals surface area contributed by atoms with Crippen molar-refractivity contribution in [2.75, 3.05) is 19.6 Å². The van der Waals surface area contributed by atoms with E-state index in [1.54, 1.807) is 12.1 Å². The van der Waals surface area contributed by atoms with Crippen molar-refractivity contribution in [2.45, 2.75) is 18.8 Å². The number of hydrogen-bond donors (Lipinski definition) is 3. The molecular formula is C14H19ClFN3O. The maximum Gasteiger partial charge on any atom is 0.312 e. The predicted octanol–water partition coefficient (Wildman–Crippen LogP) is 2.23. The van der Waals surface area contributed by atoms with Crippen LogP contribution in [0.4, 0.5) is 9.18 Å². The van der Waals surface area contributed by atoms with E-state index in [0.29, 0.717) is 6.54 Å². The zero-order valence-corrected chi connectivity index (χ0v) is 11.9. The molecule has 1 fully saturated rings. The van der Waals surface area contributed by atoms with Gasteiger partial charge in [0.15, 0.2) is 0 Å². The van der Waals surface area contributed by atoms with E-state index in [4.69, 9.17) is 17.3 Å². The smallest absolute Gasteiger partial charge is 0.312 e. The average molecular weight is 300 g/mol. The summed E-state index contributed by atoms with van der Waals surface area (Å²) in [6.45, 7) is 2.25. The van der Waals surface area contributed by atoms with E-state index in [9.17, 15) is 9.18 Å². The highest BCUT2D eigenvalue weighted by Gasteiger charge is 2.25. The molecule has 1 heterocycles. The van der Waals surface area contributed by atoms with Gasteiger partial charge < -0.3 is 16.4 Å². The fraction of sp³-hybridized carbons (Fsp3) is 0.500. The third-order valence-corrected chi connectivity index (χ3v) is 4.06. The van der Waals surface area contributed by atoms with Crippen molar-refractivity contribution in [1.82, 2.24) is 10.6 Å². The minimum absolute atomic E-state index is 0.133. The zero-order valence-electron chi connectivity index (χ0n) is 11.2. The molecule has 2 atom stereocenters. The van der Waals surface area contributed by atoms with Gasteiger partial charge in [0.2, 0.25) is 0 Å². The quantitative estimate of drug-likeness (QED) is 0.801. The Kier molecular flexibility index (Phi) is 5.20. The lowest BCUT2D eigenvalue weighted by atomic mass is 9.84. The normalized spacial score (nSPS) is 23.1. The van der Waals surface area contributed by atoms with Gasteiger partial charge in [0.25, 0.3) is 0 Å². The summed E-state index contributed by atoms with van der Waals surface area (Å²) in [4.78, 5) is 10.9. The van der Waals surface area contributed by atoms with Crippen LogP contribution in [0.3, 0.4) is 0 Å². The van der Waals surface area contributed by atoms with Crippen LogP contribution in [0.15, 0.2) is 18.2 Å². The molecular weight excluding hydrogens is 281 g/mol. The van der Waals surface area contributed by atoms with Gasteiger partial charge in [-0.05, 0) is 43.0 Å². The van der Waals surface area contributed by atoms with Crippen LogP contribution in [0.5, 0.6) is 0 Å². The SMILES string of the molecule is NC(=O)NC[C@@H]1CCCNC[C@H]1c1ccc(F)c(Cl)c1. The number of hydrogen-bond acceptors (Lipinski definition) is 2. The van der Waals surface area contributed by atoms with Gasteiger partial charge in [0, 0.05) is 19.0 Å². The van der Waals surface area contributed by atoms with Crippen LogP contribution in [0.25, 0.3) is 0 Å². The van der Waals surface area contributed by atoms with Gasteiger partial charge in [0.05, 0.1) is 5.02 Å². The molecule has 1 aliphatic rings. The summed E-state index contributed by atoms with van der Waals surface area (Å²) in [5.41, 5.74) is 6.13.